The van der Waals surface area contributed by atoms with Gasteiger partial charge >= 0.3 is 0 Å². The lowest BCUT2D eigenvalue weighted by atomic mass is 10.1. The molecule has 0 radical (unpaired) electrons. The van der Waals surface area contributed by atoms with Gasteiger partial charge < -0.3 is 9.42 Å². The van der Waals surface area contributed by atoms with E-state index in [0.29, 0.717) is 5.56 Å². The van der Waals surface area contributed by atoms with Crippen molar-refractivity contribution in [1.29, 1.82) is 5.26 Å². The molecule has 1 aliphatic rings. The molecule has 0 aromatic carbocycles. The average Bonchev–Trinajstić information content (AvgIpc) is 3.06. The van der Waals surface area contributed by atoms with Crippen molar-refractivity contribution in [2.45, 2.75) is 25.8 Å². The van der Waals surface area contributed by atoms with Crippen LogP contribution in [0, 0.1) is 18.3 Å². The van der Waals surface area contributed by atoms with Gasteiger partial charge in [-0.05, 0) is 31.9 Å². The van der Waals surface area contributed by atoms with E-state index >= 15 is 0 Å². The molecule has 0 saturated carbocycles. The molecule has 5 nitrogen and oxygen atoms in total. The average molecular weight is 254 g/mol. The summed E-state index contributed by atoms with van der Waals surface area (Å²) in [7, 11) is 0. The summed E-state index contributed by atoms with van der Waals surface area (Å²) in [5.41, 5.74) is 1.53. The Morgan fingerprint density at radius 3 is 3.16 bits per heavy atom. The molecule has 96 valence electrons. The third kappa shape index (κ3) is 2.06. The van der Waals surface area contributed by atoms with Crippen molar-refractivity contribution in [3.8, 4) is 6.07 Å². The first kappa shape index (κ1) is 11.7. The Labute approximate surface area is 111 Å². The fraction of sp³-hybridized carbons (Fsp3) is 0.357. The van der Waals surface area contributed by atoms with E-state index in [9.17, 15) is 5.26 Å². The lowest BCUT2D eigenvalue weighted by molar-refractivity contribution is 0.385. The molecule has 19 heavy (non-hydrogen) atoms. The van der Waals surface area contributed by atoms with E-state index in [1.165, 1.54) is 0 Å². The second kappa shape index (κ2) is 4.73. The first-order valence-electron chi connectivity index (χ1n) is 6.34. The Bertz CT molecular complexity index is 628. The molecule has 0 aliphatic carbocycles. The summed E-state index contributed by atoms with van der Waals surface area (Å²) >= 11 is 0. The Kier molecular flexibility index (Phi) is 2.92. The Balaban J connectivity index is 1.98. The summed E-state index contributed by atoms with van der Waals surface area (Å²) in [4.78, 5) is 6.51. The van der Waals surface area contributed by atoms with Crippen LogP contribution in [0.15, 0.2) is 28.9 Å². The molecule has 1 unspecified atom stereocenters. The van der Waals surface area contributed by atoms with Crippen LogP contribution in [0.1, 0.15) is 35.9 Å². The van der Waals surface area contributed by atoms with Gasteiger partial charge in [0.25, 0.3) is 0 Å². The van der Waals surface area contributed by atoms with Gasteiger partial charge in [-0.1, -0.05) is 5.16 Å². The Morgan fingerprint density at radius 1 is 1.53 bits per heavy atom. The normalized spacial score (nSPS) is 18.5. The first-order valence-corrected chi connectivity index (χ1v) is 6.34. The molecule has 2 aromatic heterocycles. The van der Waals surface area contributed by atoms with Gasteiger partial charge in [0.15, 0.2) is 0 Å². The second-order valence-electron chi connectivity index (χ2n) is 4.70. The summed E-state index contributed by atoms with van der Waals surface area (Å²) in [6, 6.07) is 7.89. The fourth-order valence-corrected chi connectivity index (χ4v) is 2.58. The number of aryl methyl sites for hydroxylation is 1. The topological polar surface area (TPSA) is 66.0 Å². The van der Waals surface area contributed by atoms with Gasteiger partial charge in [0, 0.05) is 18.8 Å². The van der Waals surface area contributed by atoms with Gasteiger partial charge in [0.05, 0.1) is 11.6 Å². The fourth-order valence-electron chi connectivity index (χ4n) is 2.58. The predicted octanol–water partition coefficient (Wildman–Crippen LogP) is 2.59. The molecule has 0 amide bonds. The number of pyridine rings is 1. The van der Waals surface area contributed by atoms with Gasteiger partial charge in [-0.3, -0.25) is 0 Å². The van der Waals surface area contributed by atoms with Crippen molar-refractivity contribution in [2.75, 3.05) is 11.4 Å². The summed E-state index contributed by atoms with van der Waals surface area (Å²) in [6.07, 6.45) is 3.80. The SMILES string of the molecule is Cc1cc(C2CCCN2c2ncccc2C#N)no1. The number of aromatic nitrogens is 2. The lowest BCUT2D eigenvalue weighted by Crippen LogP contribution is -2.24. The number of hydrogen-bond acceptors (Lipinski definition) is 5. The zero-order chi connectivity index (χ0) is 13.2. The van der Waals surface area contributed by atoms with Crippen LogP contribution >= 0.6 is 0 Å². The van der Waals surface area contributed by atoms with Crippen molar-refractivity contribution in [3.05, 3.63) is 41.4 Å². The van der Waals surface area contributed by atoms with E-state index < -0.39 is 0 Å². The molecule has 3 rings (SSSR count). The molecular weight excluding hydrogens is 240 g/mol. The third-order valence-corrected chi connectivity index (χ3v) is 3.42. The van der Waals surface area contributed by atoms with Crippen LogP contribution in [0.25, 0.3) is 0 Å². The molecule has 0 N–H and O–H groups in total. The highest BCUT2D eigenvalue weighted by Crippen LogP contribution is 2.35. The summed E-state index contributed by atoms with van der Waals surface area (Å²) in [6.45, 7) is 2.78. The highest BCUT2D eigenvalue weighted by molar-refractivity contribution is 5.55. The predicted molar refractivity (Wildman–Crippen MR) is 69.5 cm³/mol. The second-order valence-corrected chi connectivity index (χ2v) is 4.70. The van der Waals surface area contributed by atoms with E-state index in [4.69, 9.17) is 4.52 Å². The number of rotatable bonds is 2. The van der Waals surface area contributed by atoms with Gasteiger partial charge in [-0.15, -0.1) is 0 Å². The number of nitrogens with zero attached hydrogens (tertiary/aromatic N) is 4. The molecule has 1 aliphatic heterocycles. The molecule has 0 bridgehead atoms. The van der Waals surface area contributed by atoms with Crippen LogP contribution in [0.5, 0.6) is 0 Å². The Morgan fingerprint density at radius 2 is 2.42 bits per heavy atom. The van der Waals surface area contributed by atoms with E-state index in [2.05, 4.69) is 21.1 Å². The highest BCUT2D eigenvalue weighted by atomic mass is 16.5. The molecule has 2 aromatic rings. The van der Waals surface area contributed by atoms with Crippen LogP contribution in [-0.2, 0) is 0 Å². The zero-order valence-electron chi connectivity index (χ0n) is 10.7. The minimum atomic E-state index is 0.152. The number of anilines is 1. The molecular formula is C14H14N4O. The van der Waals surface area contributed by atoms with Gasteiger partial charge in [0.1, 0.15) is 23.3 Å². The maximum Gasteiger partial charge on any atom is 0.147 e. The van der Waals surface area contributed by atoms with Crippen LogP contribution in [0.4, 0.5) is 5.82 Å². The van der Waals surface area contributed by atoms with Crippen LogP contribution in [0.3, 0.4) is 0 Å². The van der Waals surface area contributed by atoms with Crippen LogP contribution in [0.2, 0.25) is 0 Å². The van der Waals surface area contributed by atoms with Crippen molar-refractivity contribution in [3.63, 3.8) is 0 Å². The maximum absolute atomic E-state index is 9.19. The minimum Gasteiger partial charge on any atom is -0.361 e. The molecule has 1 fully saturated rings. The highest BCUT2D eigenvalue weighted by Gasteiger charge is 2.30. The summed E-state index contributed by atoms with van der Waals surface area (Å²) in [5.74, 6) is 1.55. The van der Waals surface area contributed by atoms with E-state index in [1.54, 1.807) is 18.3 Å². The van der Waals surface area contributed by atoms with Crippen LogP contribution < -0.4 is 4.90 Å². The van der Waals surface area contributed by atoms with Crippen molar-refractivity contribution in [1.82, 2.24) is 10.1 Å². The van der Waals surface area contributed by atoms with Crippen LogP contribution in [-0.4, -0.2) is 16.7 Å². The lowest BCUT2D eigenvalue weighted by Gasteiger charge is -2.24. The Hall–Kier alpha value is -2.35. The molecule has 3 heterocycles. The van der Waals surface area contributed by atoms with Gasteiger partial charge in [-0.25, -0.2) is 4.98 Å². The van der Waals surface area contributed by atoms with Gasteiger partial charge in [0.2, 0.25) is 0 Å². The minimum absolute atomic E-state index is 0.152. The van der Waals surface area contributed by atoms with E-state index in [0.717, 1.165) is 36.7 Å². The molecule has 1 saturated heterocycles. The van der Waals surface area contributed by atoms with Crippen molar-refractivity contribution >= 4 is 5.82 Å². The van der Waals surface area contributed by atoms with Crippen molar-refractivity contribution < 1.29 is 4.52 Å². The quantitative estimate of drug-likeness (QED) is 0.824. The number of nitriles is 1. The van der Waals surface area contributed by atoms with E-state index in [-0.39, 0.29) is 6.04 Å². The monoisotopic (exact) mass is 254 g/mol. The van der Waals surface area contributed by atoms with E-state index in [1.807, 2.05) is 13.0 Å². The first-order chi connectivity index (χ1) is 9.29. The zero-order valence-corrected chi connectivity index (χ0v) is 10.7. The largest absolute Gasteiger partial charge is 0.361 e. The molecule has 0 spiro atoms. The van der Waals surface area contributed by atoms with Crippen molar-refractivity contribution in [2.24, 2.45) is 0 Å². The summed E-state index contributed by atoms with van der Waals surface area (Å²) in [5, 5.41) is 13.3. The smallest absolute Gasteiger partial charge is 0.147 e. The standard InChI is InChI=1S/C14H14N4O/c1-10-8-12(17-19-10)13-5-3-7-18(13)14-11(9-15)4-2-6-16-14/h2,4,6,8,13H,3,5,7H2,1H3. The molecule has 1 atom stereocenters. The molecule has 5 heteroatoms. The number of hydrogen-bond donors (Lipinski definition) is 0. The van der Waals surface area contributed by atoms with Gasteiger partial charge in [-0.2, -0.15) is 5.26 Å². The summed E-state index contributed by atoms with van der Waals surface area (Å²) < 4.78 is 5.16. The maximum atomic E-state index is 9.19. The third-order valence-electron chi connectivity index (χ3n) is 3.42.